The monoisotopic (exact) mass is 210 g/mol. The van der Waals surface area contributed by atoms with E-state index in [1.807, 2.05) is 0 Å². The maximum Gasteiger partial charge on any atom is 0.333 e. The summed E-state index contributed by atoms with van der Waals surface area (Å²) in [7, 11) is 0. The molecule has 0 saturated heterocycles. The van der Waals surface area contributed by atoms with Crippen LogP contribution in [0.2, 0.25) is 0 Å². The lowest BCUT2D eigenvalue weighted by molar-refractivity contribution is -0.155. The number of unbranched alkanes of at least 4 members (excludes halogenated alkanes) is 1. The van der Waals surface area contributed by atoms with Crippen LogP contribution in [0.1, 0.15) is 58.8 Å². The standard InChI is InChI=1S/C13H22O2/c1-4-5-8-13(9-6-7-10-13)15-12(14)11(2)3/h2,4-10H2,1,3H3. The lowest BCUT2D eigenvalue weighted by atomic mass is 9.94. The minimum atomic E-state index is -0.215. The molecule has 2 heteroatoms. The van der Waals surface area contributed by atoms with Gasteiger partial charge in [-0.1, -0.05) is 19.9 Å². The molecule has 0 unspecified atom stereocenters. The van der Waals surface area contributed by atoms with E-state index in [4.69, 9.17) is 4.74 Å². The first-order valence-electron chi connectivity index (χ1n) is 5.98. The van der Waals surface area contributed by atoms with E-state index >= 15 is 0 Å². The highest BCUT2D eigenvalue weighted by Gasteiger charge is 2.36. The van der Waals surface area contributed by atoms with Crippen molar-refractivity contribution in [1.82, 2.24) is 0 Å². The molecule has 0 bridgehead atoms. The van der Waals surface area contributed by atoms with Crippen LogP contribution in [0, 0.1) is 0 Å². The number of carbonyl (C=O) groups excluding carboxylic acids is 1. The molecule has 0 aromatic carbocycles. The molecule has 0 heterocycles. The maximum atomic E-state index is 11.5. The zero-order valence-corrected chi connectivity index (χ0v) is 9.97. The molecule has 0 N–H and O–H groups in total. The first kappa shape index (κ1) is 12.3. The normalized spacial score (nSPS) is 18.8. The fourth-order valence-corrected chi connectivity index (χ4v) is 2.21. The van der Waals surface area contributed by atoms with Crippen molar-refractivity contribution in [3.8, 4) is 0 Å². The summed E-state index contributed by atoms with van der Waals surface area (Å²) < 4.78 is 5.62. The van der Waals surface area contributed by atoms with E-state index in [9.17, 15) is 4.79 Å². The molecule has 0 amide bonds. The summed E-state index contributed by atoms with van der Waals surface area (Å²) in [6.45, 7) is 7.52. The third-order valence-corrected chi connectivity index (χ3v) is 3.16. The van der Waals surface area contributed by atoms with Crippen LogP contribution in [-0.2, 0) is 9.53 Å². The molecule has 0 radical (unpaired) electrons. The first-order valence-corrected chi connectivity index (χ1v) is 5.98. The average molecular weight is 210 g/mol. The van der Waals surface area contributed by atoms with E-state index in [0.717, 1.165) is 32.1 Å². The molecule has 0 aromatic heterocycles. The van der Waals surface area contributed by atoms with Crippen LogP contribution in [0.4, 0.5) is 0 Å². The van der Waals surface area contributed by atoms with E-state index in [-0.39, 0.29) is 11.6 Å². The van der Waals surface area contributed by atoms with Crippen molar-refractivity contribution in [2.45, 2.75) is 64.4 Å². The predicted octanol–water partition coefficient (Wildman–Crippen LogP) is 3.61. The van der Waals surface area contributed by atoms with Crippen molar-refractivity contribution in [2.24, 2.45) is 0 Å². The van der Waals surface area contributed by atoms with Gasteiger partial charge in [-0.2, -0.15) is 0 Å². The Morgan fingerprint density at radius 3 is 2.47 bits per heavy atom. The molecule has 1 aliphatic rings. The topological polar surface area (TPSA) is 26.3 Å². The Morgan fingerprint density at radius 2 is 2.00 bits per heavy atom. The molecule has 86 valence electrons. The Kier molecular flexibility index (Phi) is 4.37. The van der Waals surface area contributed by atoms with Crippen LogP contribution in [0.5, 0.6) is 0 Å². The highest BCUT2D eigenvalue weighted by atomic mass is 16.6. The van der Waals surface area contributed by atoms with Crippen molar-refractivity contribution in [1.29, 1.82) is 0 Å². The van der Waals surface area contributed by atoms with Crippen LogP contribution in [0.15, 0.2) is 12.2 Å². The van der Waals surface area contributed by atoms with Gasteiger partial charge in [0.2, 0.25) is 0 Å². The molecule has 0 atom stereocenters. The average Bonchev–Trinajstić information content (AvgIpc) is 2.64. The van der Waals surface area contributed by atoms with Gasteiger partial charge in [0, 0.05) is 5.57 Å². The molecule has 0 spiro atoms. The Bertz CT molecular complexity index is 237. The zero-order chi connectivity index (χ0) is 11.3. The number of hydrogen-bond donors (Lipinski definition) is 0. The summed E-state index contributed by atoms with van der Waals surface area (Å²) in [6.07, 6.45) is 7.76. The van der Waals surface area contributed by atoms with Gasteiger partial charge in [0.25, 0.3) is 0 Å². The molecular formula is C13H22O2. The molecule has 1 fully saturated rings. The number of ether oxygens (including phenoxy) is 1. The lowest BCUT2D eigenvalue weighted by Crippen LogP contribution is -2.32. The van der Waals surface area contributed by atoms with Gasteiger partial charge in [-0.15, -0.1) is 0 Å². The van der Waals surface area contributed by atoms with Gasteiger partial charge < -0.3 is 4.74 Å². The molecule has 15 heavy (non-hydrogen) atoms. The molecule has 1 rings (SSSR count). The minimum absolute atomic E-state index is 0.161. The second-order valence-corrected chi connectivity index (χ2v) is 4.66. The van der Waals surface area contributed by atoms with E-state index in [2.05, 4.69) is 13.5 Å². The third kappa shape index (κ3) is 3.37. The summed E-state index contributed by atoms with van der Waals surface area (Å²) in [5.74, 6) is -0.215. The largest absolute Gasteiger partial charge is 0.456 e. The highest BCUT2D eigenvalue weighted by molar-refractivity contribution is 5.87. The molecule has 2 nitrogen and oxygen atoms in total. The zero-order valence-electron chi connectivity index (χ0n) is 9.97. The van der Waals surface area contributed by atoms with Crippen LogP contribution >= 0.6 is 0 Å². The first-order chi connectivity index (χ1) is 7.09. The van der Waals surface area contributed by atoms with Gasteiger partial charge in [-0.05, 0) is 45.4 Å². The Hall–Kier alpha value is -0.790. The Labute approximate surface area is 92.7 Å². The number of esters is 1. The quantitative estimate of drug-likeness (QED) is 0.512. The van der Waals surface area contributed by atoms with Gasteiger partial charge in [0.1, 0.15) is 5.60 Å². The van der Waals surface area contributed by atoms with E-state index < -0.39 is 0 Å². The number of rotatable bonds is 5. The summed E-state index contributed by atoms with van der Waals surface area (Å²) >= 11 is 0. The SMILES string of the molecule is C=C(C)C(=O)OC1(CCCC)CCCC1. The number of carbonyl (C=O) groups is 1. The summed E-state index contributed by atoms with van der Waals surface area (Å²) in [5, 5.41) is 0. The molecule has 0 aliphatic heterocycles. The van der Waals surface area contributed by atoms with Crippen LogP contribution in [-0.4, -0.2) is 11.6 Å². The fraction of sp³-hybridized carbons (Fsp3) is 0.769. The summed E-state index contributed by atoms with van der Waals surface area (Å²) in [4.78, 5) is 11.5. The van der Waals surface area contributed by atoms with Crippen molar-refractivity contribution in [3.63, 3.8) is 0 Å². The fourth-order valence-electron chi connectivity index (χ4n) is 2.21. The van der Waals surface area contributed by atoms with Gasteiger partial charge in [-0.25, -0.2) is 4.79 Å². The molecule has 1 aliphatic carbocycles. The van der Waals surface area contributed by atoms with Gasteiger partial charge in [0.15, 0.2) is 0 Å². The predicted molar refractivity (Wildman–Crippen MR) is 61.6 cm³/mol. The third-order valence-electron chi connectivity index (χ3n) is 3.16. The van der Waals surface area contributed by atoms with Crippen molar-refractivity contribution >= 4 is 5.97 Å². The van der Waals surface area contributed by atoms with E-state index in [1.165, 1.54) is 12.8 Å². The van der Waals surface area contributed by atoms with Crippen LogP contribution in [0.3, 0.4) is 0 Å². The minimum Gasteiger partial charge on any atom is -0.456 e. The summed E-state index contributed by atoms with van der Waals surface area (Å²) in [6, 6.07) is 0. The van der Waals surface area contributed by atoms with E-state index in [0.29, 0.717) is 5.57 Å². The summed E-state index contributed by atoms with van der Waals surface area (Å²) in [5.41, 5.74) is 0.351. The van der Waals surface area contributed by atoms with Crippen LogP contribution in [0.25, 0.3) is 0 Å². The van der Waals surface area contributed by atoms with Gasteiger partial charge in [0.05, 0.1) is 0 Å². The Morgan fingerprint density at radius 1 is 1.40 bits per heavy atom. The van der Waals surface area contributed by atoms with Crippen molar-refractivity contribution in [2.75, 3.05) is 0 Å². The number of hydrogen-bond acceptors (Lipinski definition) is 2. The lowest BCUT2D eigenvalue weighted by Gasteiger charge is -2.29. The molecular weight excluding hydrogens is 188 g/mol. The van der Waals surface area contributed by atoms with Crippen LogP contribution < -0.4 is 0 Å². The van der Waals surface area contributed by atoms with Crippen molar-refractivity contribution < 1.29 is 9.53 Å². The van der Waals surface area contributed by atoms with Gasteiger partial charge in [-0.3, -0.25) is 0 Å². The van der Waals surface area contributed by atoms with Crippen molar-refractivity contribution in [3.05, 3.63) is 12.2 Å². The second-order valence-electron chi connectivity index (χ2n) is 4.66. The highest BCUT2D eigenvalue weighted by Crippen LogP contribution is 2.37. The van der Waals surface area contributed by atoms with E-state index in [1.54, 1.807) is 6.92 Å². The molecule has 1 saturated carbocycles. The Balaban J connectivity index is 2.56. The maximum absolute atomic E-state index is 11.5. The molecule has 0 aromatic rings. The van der Waals surface area contributed by atoms with Gasteiger partial charge >= 0.3 is 5.97 Å². The smallest absolute Gasteiger partial charge is 0.333 e. The second kappa shape index (κ2) is 5.34.